The largest absolute Gasteiger partial charge is 0.479 e. The molecule has 2 rings (SSSR count). The first-order valence-electron chi connectivity index (χ1n) is 6.35. The summed E-state index contributed by atoms with van der Waals surface area (Å²) in [5.41, 5.74) is -0.0189. The highest BCUT2D eigenvalue weighted by Crippen LogP contribution is 2.26. The average molecular weight is 249 g/mol. The van der Waals surface area contributed by atoms with Crippen LogP contribution in [0.4, 0.5) is 0 Å². The third-order valence-corrected chi connectivity index (χ3v) is 3.39. The van der Waals surface area contributed by atoms with Crippen molar-refractivity contribution in [3.05, 3.63) is 35.9 Å². The molecule has 0 aromatic heterocycles. The Bertz CT molecular complexity index is 383. The Labute approximate surface area is 107 Å². The number of ether oxygens (including phenoxy) is 1. The summed E-state index contributed by atoms with van der Waals surface area (Å²) < 4.78 is 5.76. The Morgan fingerprint density at radius 3 is 2.78 bits per heavy atom. The quantitative estimate of drug-likeness (QED) is 0.854. The van der Waals surface area contributed by atoms with E-state index < -0.39 is 11.6 Å². The van der Waals surface area contributed by atoms with Crippen LogP contribution in [0.15, 0.2) is 30.3 Å². The highest BCUT2D eigenvalue weighted by atomic mass is 16.5. The van der Waals surface area contributed by atoms with Crippen molar-refractivity contribution in [1.29, 1.82) is 0 Å². The Kier molecular flexibility index (Phi) is 4.33. The lowest BCUT2D eigenvalue weighted by atomic mass is 9.94. The maximum atomic E-state index is 11.5. The van der Waals surface area contributed by atoms with Gasteiger partial charge >= 0.3 is 5.97 Å². The molecular formula is C14H19NO3. The summed E-state index contributed by atoms with van der Waals surface area (Å²) in [4.78, 5) is 11.5. The second-order valence-corrected chi connectivity index (χ2v) is 4.68. The summed E-state index contributed by atoms with van der Waals surface area (Å²) in [7, 11) is 0. The fraction of sp³-hybridized carbons (Fsp3) is 0.500. The van der Waals surface area contributed by atoms with Crippen molar-refractivity contribution in [3.8, 4) is 0 Å². The molecule has 1 aliphatic heterocycles. The van der Waals surface area contributed by atoms with Crippen LogP contribution < -0.4 is 5.32 Å². The minimum atomic E-state index is -1.03. The number of benzene rings is 1. The van der Waals surface area contributed by atoms with Crippen LogP contribution in [0, 0.1) is 0 Å². The number of hydrogen-bond acceptors (Lipinski definition) is 3. The van der Waals surface area contributed by atoms with Crippen molar-refractivity contribution < 1.29 is 14.6 Å². The highest BCUT2D eigenvalue weighted by molar-refractivity contribution is 5.77. The minimum absolute atomic E-state index is 0.354. The molecule has 2 N–H and O–H groups in total. The fourth-order valence-electron chi connectivity index (χ4n) is 2.25. The second-order valence-electron chi connectivity index (χ2n) is 4.68. The van der Waals surface area contributed by atoms with Crippen molar-refractivity contribution in [3.63, 3.8) is 0 Å². The zero-order chi connectivity index (χ0) is 12.8. The van der Waals surface area contributed by atoms with Crippen molar-refractivity contribution >= 4 is 5.97 Å². The molecule has 98 valence electrons. The van der Waals surface area contributed by atoms with Crippen LogP contribution in [0.5, 0.6) is 0 Å². The molecule has 1 aromatic rings. The average Bonchev–Trinajstić information content (AvgIpc) is 2.64. The van der Waals surface area contributed by atoms with Gasteiger partial charge in [0.15, 0.2) is 5.60 Å². The van der Waals surface area contributed by atoms with Crippen molar-refractivity contribution in [2.24, 2.45) is 0 Å². The molecule has 1 saturated heterocycles. The SMILES string of the molecule is O=C(O)C1(OCc2ccccc2)CCCNCC1. The van der Waals surface area contributed by atoms with E-state index in [1.54, 1.807) is 0 Å². The summed E-state index contributed by atoms with van der Waals surface area (Å²) >= 11 is 0. The van der Waals surface area contributed by atoms with Gasteiger partial charge in [0.05, 0.1) is 6.61 Å². The molecule has 0 spiro atoms. The number of carboxylic acid groups (broad SMARTS) is 1. The zero-order valence-electron chi connectivity index (χ0n) is 10.4. The summed E-state index contributed by atoms with van der Waals surface area (Å²) in [5.74, 6) is -0.845. The van der Waals surface area contributed by atoms with Gasteiger partial charge in [0.2, 0.25) is 0 Å². The molecule has 1 unspecified atom stereocenters. The number of nitrogens with one attached hydrogen (secondary N) is 1. The number of carbonyl (C=O) groups is 1. The third kappa shape index (κ3) is 3.09. The maximum absolute atomic E-state index is 11.5. The Balaban J connectivity index is 2.04. The zero-order valence-corrected chi connectivity index (χ0v) is 10.4. The van der Waals surface area contributed by atoms with Gasteiger partial charge in [0.1, 0.15) is 0 Å². The van der Waals surface area contributed by atoms with E-state index in [2.05, 4.69) is 5.32 Å². The van der Waals surface area contributed by atoms with E-state index in [0.29, 0.717) is 26.0 Å². The normalized spacial score (nSPS) is 24.4. The van der Waals surface area contributed by atoms with Crippen molar-refractivity contribution in [1.82, 2.24) is 5.32 Å². The number of carboxylic acids is 1. The molecule has 4 heteroatoms. The molecule has 0 aliphatic carbocycles. The van der Waals surface area contributed by atoms with Gasteiger partial charge in [0, 0.05) is 0 Å². The van der Waals surface area contributed by atoms with Gasteiger partial charge < -0.3 is 15.2 Å². The molecular weight excluding hydrogens is 230 g/mol. The van der Waals surface area contributed by atoms with Crippen LogP contribution in [0.2, 0.25) is 0 Å². The first-order chi connectivity index (χ1) is 8.73. The summed E-state index contributed by atoms with van der Waals surface area (Å²) in [6, 6.07) is 9.70. The van der Waals surface area contributed by atoms with E-state index in [0.717, 1.165) is 18.5 Å². The van der Waals surface area contributed by atoms with Crippen molar-refractivity contribution in [2.45, 2.75) is 31.5 Å². The lowest BCUT2D eigenvalue weighted by molar-refractivity contribution is -0.169. The van der Waals surface area contributed by atoms with E-state index in [-0.39, 0.29) is 0 Å². The van der Waals surface area contributed by atoms with Crippen LogP contribution in [-0.4, -0.2) is 29.8 Å². The van der Waals surface area contributed by atoms with Gasteiger partial charge in [-0.3, -0.25) is 0 Å². The Hall–Kier alpha value is -1.39. The predicted octanol–water partition coefficient (Wildman–Crippen LogP) is 1.80. The first-order valence-corrected chi connectivity index (χ1v) is 6.35. The van der Waals surface area contributed by atoms with E-state index in [1.165, 1.54) is 0 Å². The molecule has 0 radical (unpaired) electrons. The van der Waals surface area contributed by atoms with Gasteiger partial charge in [-0.1, -0.05) is 30.3 Å². The summed E-state index contributed by atoms with van der Waals surface area (Å²) in [6.07, 6.45) is 1.93. The number of rotatable bonds is 4. The van der Waals surface area contributed by atoms with E-state index in [1.807, 2.05) is 30.3 Å². The molecule has 18 heavy (non-hydrogen) atoms. The van der Waals surface area contributed by atoms with E-state index >= 15 is 0 Å². The lowest BCUT2D eigenvalue weighted by Gasteiger charge is -2.28. The number of hydrogen-bond donors (Lipinski definition) is 2. The molecule has 0 amide bonds. The maximum Gasteiger partial charge on any atom is 0.336 e. The van der Waals surface area contributed by atoms with Crippen molar-refractivity contribution in [2.75, 3.05) is 13.1 Å². The van der Waals surface area contributed by atoms with Crippen LogP contribution >= 0.6 is 0 Å². The van der Waals surface area contributed by atoms with E-state index in [9.17, 15) is 9.90 Å². The predicted molar refractivity (Wildman–Crippen MR) is 68.3 cm³/mol. The summed E-state index contributed by atoms with van der Waals surface area (Å²) in [6.45, 7) is 1.91. The van der Waals surface area contributed by atoms with Crippen LogP contribution in [-0.2, 0) is 16.1 Å². The third-order valence-electron chi connectivity index (χ3n) is 3.39. The molecule has 1 atom stereocenters. The van der Waals surface area contributed by atoms with Gasteiger partial charge in [-0.25, -0.2) is 4.79 Å². The molecule has 1 heterocycles. The molecule has 1 aromatic carbocycles. The van der Waals surface area contributed by atoms with Gasteiger partial charge in [0.25, 0.3) is 0 Å². The minimum Gasteiger partial charge on any atom is -0.479 e. The van der Waals surface area contributed by atoms with E-state index in [4.69, 9.17) is 4.74 Å². The fourth-order valence-corrected chi connectivity index (χ4v) is 2.25. The molecule has 0 bridgehead atoms. The molecule has 0 saturated carbocycles. The standard InChI is InChI=1S/C14H19NO3/c16-13(17)14(7-4-9-15-10-8-14)18-11-12-5-2-1-3-6-12/h1-3,5-6,15H,4,7-11H2,(H,16,17). The topological polar surface area (TPSA) is 58.6 Å². The molecule has 4 nitrogen and oxygen atoms in total. The van der Waals surface area contributed by atoms with Crippen LogP contribution in [0.1, 0.15) is 24.8 Å². The number of aliphatic carboxylic acids is 1. The molecule has 1 aliphatic rings. The van der Waals surface area contributed by atoms with Crippen LogP contribution in [0.3, 0.4) is 0 Å². The highest BCUT2D eigenvalue weighted by Gasteiger charge is 2.39. The van der Waals surface area contributed by atoms with Crippen LogP contribution in [0.25, 0.3) is 0 Å². The smallest absolute Gasteiger partial charge is 0.336 e. The lowest BCUT2D eigenvalue weighted by Crippen LogP contribution is -2.42. The molecule has 1 fully saturated rings. The Morgan fingerprint density at radius 2 is 2.06 bits per heavy atom. The summed E-state index contributed by atoms with van der Waals surface area (Å²) in [5, 5.41) is 12.7. The first kappa shape index (κ1) is 13.1. The van der Waals surface area contributed by atoms with Gasteiger partial charge in [-0.2, -0.15) is 0 Å². The van der Waals surface area contributed by atoms with Gasteiger partial charge in [-0.05, 0) is 37.9 Å². The van der Waals surface area contributed by atoms with Gasteiger partial charge in [-0.15, -0.1) is 0 Å². The Morgan fingerprint density at radius 1 is 1.28 bits per heavy atom. The second kappa shape index (κ2) is 5.98. The monoisotopic (exact) mass is 249 g/mol.